The minimum Gasteiger partial charge on any atom is -0.497 e. The van der Waals surface area contributed by atoms with Crippen LogP contribution >= 0.6 is 0 Å². The Kier molecular flexibility index (Phi) is 5.52. The first kappa shape index (κ1) is 14.2. The first-order chi connectivity index (χ1) is 9.33. The molecule has 0 bridgehead atoms. The van der Waals surface area contributed by atoms with Crippen molar-refractivity contribution in [3.05, 3.63) is 24.3 Å². The summed E-state index contributed by atoms with van der Waals surface area (Å²) in [6, 6.07) is 8.51. The Bertz CT molecular complexity index is 356. The highest BCUT2D eigenvalue weighted by atomic mass is 16.5. The second-order valence-electron chi connectivity index (χ2n) is 5.47. The summed E-state index contributed by atoms with van der Waals surface area (Å²) in [6.45, 7) is 0.705. The van der Waals surface area contributed by atoms with E-state index in [1.807, 2.05) is 12.1 Å². The van der Waals surface area contributed by atoms with Gasteiger partial charge in [0.05, 0.1) is 7.11 Å². The lowest BCUT2D eigenvalue weighted by molar-refractivity contribution is 0.398. The fourth-order valence-electron chi connectivity index (χ4n) is 2.98. The normalized spacial score (nSPS) is 18.6. The molecule has 0 aliphatic heterocycles. The summed E-state index contributed by atoms with van der Waals surface area (Å²) in [5, 5.41) is 3.60. The molecular weight excluding hydrogens is 236 g/mol. The van der Waals surface area contributed by atoms with Gasteiger partial charge in [0, 0.05) is 18.3 Å². The predicted octanol–water partition coefficient (Wildman–Crippen LogP) is 3.40. The molecule has 1 aliphatic carbocycles. The van der Waals surface area contributed by atoms with Gasteiger partial charge in [0.25, 0.3) is 0 Å². The third kappa shape index (κ3) is 4.13. The third-order valence-corrected chi connectivity index (χ3v) is 4.16. The zero-order valence-electron chi connectivity index (χ0n) is 11.9. The Labute approximate surface area is 116 Å². The van der Waals surface area contributed by atoms with E-state index in [0.717, 1.165) is 17.4 Å². The van der Waals surface area contributed by atoms with E-state index >= 15 is 0 Å². The standard InChI is InChI=1S/C16H26N2O/c1-19-15-10-8-14(9-11-15)18-16(12-17)13-6-4-2-3-5-7-13/h8-11,13,16,18H,2-7,12,17H2,1H3. The molecule has 1 unspecified atom stereocenters. The summed E-state index contributed by atoms with van der Waals surface area (Å²) in [7, 11) is 1.69. The van der Waals surface area contributed by atoms with E-state index in [2.05, 4.69) is 17.4 Å². The van der Waals surface area contributed by atoms with Crippen LogP contribution in [-0.4, -0.2) is 19.7 Å². The molecule has 3 N–H and O–H groups in total. The van der Waals surface area contributed by atoms with Gasteiger partial charge < -0.3 is 15.8 Å². The van der Waals surface area contributed by atoms with Crippen LogP contribution in [-0.2, 0) is 0 Å². The van der Waals surface area contributed by atoms with Crippen LogP contribution in [0.3, 0.4) is 0 Å². The minimum atomic E-state index is 0.395. The van der Waals surface area contributed by atoms with E-state index in [-0.39, 0.29) is 0 Å². The summed E-state index contributed by atoms with van der Waals surface area (Å²) in [5.74, 6) is 1.61. The van der Waals surface area contributed by atoms with Gasteiger partial charge in [-0.1, -0.05) is 25.7 Å². The molecule has 0 heterocycles. The van der Waals surface area contributed by atoms with Crippen LogP contribution in [0.25, 0.3) is 0 Å². The fourth-order valence-corrected chi connectivity index (χ4v) is 2.98. The van der Waals surface area contributed by atoms with Crippen molar-refractivity contribution < 1.29 is 4.74 Å². The number of nitrogens with one attached hydrogen (secondary N) is 1. The Balaban J connectivity index is 1.96. The first-order valence-electron chi connectivity index (χ1n) is 7.44. The zero-order chi connectivity index (χ0) is 13.5. The number of anilines is 1. The highest BCUT2D eigenvalue weighted by Crippen LogP contribution is 2.27. The van der Waals surface area contributed by atoms with E-state index in [9.17, 15) is 0 Å². The van der Waals surface area contributed by atoms with E-state index in [1.54, 1.807) is 7.11 Å². The number of hydrogen-bond acceptors (Lipinski definition) is 3. The van der Waals surface area contributed by atoms with Gasteiger partial charge in [-0.2, -0.15) is 0 Å². The summed E-state index contributed by atoms with van der Waals surface area (Å²) in [4.78, 5) is 0. The molecule has 1 aromatic rings. The van der Waals surface area contributed by atoms with Gasteiger partial charge in [-0.25, -0.2) is 0 Å². The molecule has 1 fully saturated rings. The maximum atomic E-state index is 5.97. The number of ether oxygens (including phenoxy) is 1. The van der Waals surface area contributed by atoms with Crippen molar-refractivity contribution >= 4 is 5.69 Å². The Morgan fingerprint density at radius 2 is 1.79 bits per heavy atom. The minimum absolute atomic E-state index is 0.395. The van der Waals surface area contributed by atoms with E-state index in [0.29, 0.717) is 12.6 Å². The number of hydrogen-bond donors (Lipinski definition) is 2. The topological polar surface area (TPSA) is 47.3 Å². The zero-order valence-corrected chi connectivity index (χ0v) is 11.9. The lowest BCUT2D eigenvalue weighted by atomic mass is 9.91. The SMILES string of the molecule is COc1ccc(NC(CN)C2CCCCCC2)cc1. The van der Waals surface area contributed by atoms with Crippen LogP contribution in [0.15, 0.2) is 24.3 Å². The van der Waals surface area contributed by atoms with Crippen LogP contribution in [0.4, 0.5) is 5.69 Å². The molecule has 0 saturated heterocycles. The molecule has 1 aromatic carbocycles. The fraction of sp³-hybridized carbons (Fsp3) is 0.625. The molecule has 1 aliphatic rings. The third-order valence-electron chi connectivity index (χ3n) is 4.16. The summed E-state index contributed by atoms with van der Waals surface area (Å²) in [6.07, 6.45) is 8.10. The Morgan fingerprint density at radius 3 is 2.32 bits per heavy atom. The van der Waals surface area contributed by atoms with Crippen LogP contribution in [0.5, 0.6) is 5.75 Å². The lowest BCUT2D eigenvalue weighted by Crippen LogP contribution is -2.36. The van der Waals surface area contributed by atoms with Crippen LogP contribution in [0.2, 0.25) is 0 Å². The molecule has 3 heteroatoms. The maximum Gasteiger partial charge on any atom is 0.119 e. The first-order valence-corrected chi connectivity index (χ1v) is 7.44. The highest BCUT2D eigenvalue weighted by molar-refractivity contribution is 5.47. The molecule has 3 nitrogen and oxygen atoms in total. The van der Waals surface area contributed by atoms with Crippen molar-refractivity contribution in [1.82, 2.24) is 0 Å². The molecule has 19 heavy (non-hydrogen) atoms. The van der Waals surface area contributed by atoms with E-state index < -0.39 is 0 Å². The molecule has 0 aromatic heterocycles. The molecule has 106 valence electrons. The lowest BCUT2D eigenvalue weighted by Gasteiger charge is -2.27. The number of rotatable bonds is 5. The van der Waals surface area contributed by atoms with Crippen molar-refractivity contribution in [3.8, 4) is 5.75 Å². The smallest absolute Gasteiger partial charge is 0.119 e. The van der Waals surface area contributed by atoms with Crippen molar-refractivity contribution in [2.24, 2.45) is 11.7 Å². The highest BCUT2D eigenvalue weighted by Gasteiger charge is 2.21. The van der Waals surface area contributed by atoms with Gasteiger partial charge in [-0.15, -0.1) is 0 Å². The average Bonchev–Trinajstić information content (AvgIpc) is 2.74. The molecule has 2 rings (SSSR count). The largest absolute Gasteiger partial charge is 0.497 e. The van der Waals surface area contributed by atoms with Gasteiger partial charge >= 0.3 is 0 Å². The molecule has 0 radical (unpaired) electrons. The molecular formula is C16H26N2O. The van der Waals surface area contributed by atoms with Gasteiger partial charge in [0.2, 0.25) is 0 Å². The molecule has 0 spiro atoms. The molecule has 0 amide bonds. The average molecular weight is 262 g/mol. The van der Waals surface area contributed by atoms with Crippen molar-refractivity contribution in [2.45, 2.75) is 44.6 Å². The van der Waals surface area contributed by atoms with Crippen LogP contribution in [0, 0.1) is 5.92 Å². The second-order valence-corrected chi connectivity index (χ2v) is 5.47. The van der Waals surface area contributed by atoms with Gasteiger partial charge in [-0.3, -0.25) is 0 Å². The van der Waals surface area contributed by atoms with Crippen molar-refractivity contribution in [1.29, 1.82) is 0 Å². The second kappa shape index (κ2) is 7.39. The van der Waals surface area contributed by atoms with E-state index in [4.69, 9.17) is 10.5 Å². The monoisotopic (exact) mass is 262 g/mol. The Hall–Kier alpha value is -1.22. The van der Waals surface area contributed by atoms with Gasteiger partial charge in [0.15, 0.2) is 0 Å². The van der Waals surface area contributed by atoms with Crippen molar-refractivity contribution in [3.63, 3.8) is 0 Å². The number of benzene rings is 1. The number of methoxy groups -OCH3 is 1. The molecule has 1 atom stereocenters. The van der Waals surface area contributed by atoms with Crippen molar-refractivity contribution in [2.75, 3.05) is 19.0 Å². The van der Waals surface area contributed by atoms with Gasteiger partial charge in [0.1, 0.15) is 5.75 Å². The van der Waals surface area contributed by atoms with Crippen LogP contribution < -0.4 is 15.8 Å². The van der Waals surface area contributed by atoms with Crippen LogP contribution in [0.1, 0.15) is 38.5 Å². The quantitative estimate of drug-likeness (QED) is 0.799. The summed E-state index contributed by atoms with van der Waals surface area (Å²) >= 11 is 0. The molecule has 1 saturated carbocycles. The number of nitrogens with two attached hydrogens (primary N) is 1. The summed E-state index contributed by atoms with van der Waals surface area (Å²) in [5.41, 5.74) is 7.11. The van der Waals surface area contributed by atoms with E-state index in [1.165, 1.54) is 38.5 Å². The Morgan fingerprint density at radius 1 is 1.16 bits per heavy atom. The van der Waals surface area contributed by atoms with Gasteiger partial charge in [-0.05, 0) is 43.0 Å². The predicted molar refractivity (Wildman–Crippen MR) is 80.7 cm³/mol. The maximum absolute atomic E-state index is 5.97. The summed E-state index contributed by atoms with van der Waals surface area (Å²) < 4.78 is 5.18.